The van der Waals surface area contributed by atoms with Gasteiger partial charge in [0, 0.05) is 38.1 Å². The van der Waals surface area contributed by atoms with Gasteiger partial charge in [0.25, 0.3) is 0 Å². The summed E-state index contributed by atoms with van der Waals surface area (Å²) in [6, 6.07) is 6.08. The number of nitrogens with one attached hydrogen (secondary N) is 1. The average molecular weight is 418 g/mol. The Labute approximate surface area is 159 Å². The Morgan fingerprint density at radius 1 is 1.31 bits per heavy atom. The van der Waals surface area contributed by atoms with Gasteiger partial charge in [-0.3, -0.25) is 9.78 Å². The van der Waals surface area contributed by atoms with E-state index >= 15 is 0 Å². The zero-order chi connectivity index (χ0) is 18.4. The number of carbonyl (C=O) groups is 1. The number of hydrogen-bond acceptors (Lipinski definition) is 6. The molecule has 0 unspecified atom stereocenters. The molecule has 0 saturated carbocycles. The minimum absolute atomic E-state index is 0.250. The third kappa shape index (κ3) is 4.10. The molecule has 0 aromatic carbocycles. The molecule has 0 radical (unpaired) electrons. The lowest BCUT2D eigenvalue weighted by Gasteiger charge is -2.18. The second-order valence-corrected chi connectivity index (χ2v) is 6.63. The number of rotatable bonds is 4. The number of nitrogens with zero attached hydrogens (tertiary/aromatic N) is 5. The van der Waals surface area contributed by atoms with Crippen LogP contribution in [-0.2, 0) is 11.3 Å². The number of fused-ring (bicyclic) bond motifs is 1. The Balaban J connectivity index is 0.000000613. The predicted octanol–water partition coefficient (Wildman–Crippen LogP) is 2.20. The first-order valence-corrected chi connectivity index (χ1v) is 9.09. The van der Waals surface area contributed by atoms with E-state index in [0.29, 0.717) is 6.54 Å². The lowest BCUT2D eigenvalue weighted by atomic mass is 10.3. The molecule has 1 aliphatic rings. The van der Waals surface area contributed by atoms with E-state index in [-0.39, 0.29) is 6.41 Å². The first-order valence-electron chi connectivity index (χ1n) is 8.30. The zero-order valence-corrected chi connectivity index (χ0v) is 15.8. The highest BCUT2D eigenvalue weighted by atomic mass is 79.9. The Bertz CT molecular complexity index is 862. The largest absolute Gasteiger partial charge is 0.372 e. The van der Waals surface area contributed by atoms with Crippen molar-refractivity contribution in [1.29, 1.82) is 0 Å². The van der Waals surface area contributed by atoms with Gasteiger partial charge in [0.1, 0.15) is 11.6 Å². The number of nitrogens with two attached hydrogens (primary N) is 1. The molecule has 4 heterocycles. The fourth-order valence-corrected chi connectivity index (χ4v) is 3.20. The van der Waals surface area contributed by atoms with E-state index in [9.17, 15) is 0 Å². The van der Waals surface area contributed by atoms with Crippen LogP contribution in [0.2, 0.25) is 0 Å². The molecule has 136 valence electrons. The number of anilines is 2. The third-order valence-corrected chi connectivity index (χ3v) is 4.60. The smallest absolute Gasteiger partial charge is 0.204 e. The minimum atomic E-state index is 0.250. The number of hydrogen-bond donors (Lipinski definition) is 2. The van der Waals surface area contributed by atoms with Crippen molar-refractivity contribution in [2.75, 3.05) is 23.3 Å². The van der Waals surface area contributed by atoms with Crippen LogP contribution in [0.4, 0.5) is 11.6 Å². The summed E-state index contributed by atoms with van der Waals surface area (Å²) in [6.07, 6.45) is 8.14. The first kappa shape index (κ1) is 18.1. The Hall–Kier alpha value is -2.68. The van der Waals surface area contributed by atoms with Gasteiger partial charge in [-0.15, -0.1) is 0 Å². The highest BCUT2D eigenvalue weighted by Crippen LogP contribution is 2.26. The number of halogens is 1. The molecule has 0 bridgehead atoms. The molecule has 3 aromatic heterocycles. The molecule has 1 saturated heterocycles. The molecule has 1 amide bonds. The third-order valence-electron chi connectivity index (χ3n) is 4.04. The van der Waals surface area contributed by atoms with Crippen molar-refractivity contribution in [3.8, 4) is 0 Å². The van der Waals surface area contributed by atoms with Crippen molar-refractivity contribution in [2.45, 2.75) is 19.4 Å². The number of amides is 1. The molecule has 9 heteroatoms. The molecule has 8 nitrogen and oxygen atoms in total. The molecule has 1 fully saturated rings. The van der Waals surface area contributed by atoms with Crippen LogP contribution in [0, 0.1) is 0 Å². The molecule has 3 N–H and O–H groups in total. The summed E-state index contributed by atoms with van der Waals surface area (Å²) in [7, 11) is 0. The van der Waals surface area contributed by atoms with Gasteiger partial charge >= 0.3 is 0 Å². The van der Waals surface area contributed by atoms with Crippen molar-refractivity contribution >= 4 is 39.6 Å². The van der Waals surface area contributed by atoms with Crippen LogP contribution in [0.5, 0.6) is 0 Å². The molecule has 26 heavy (non-hydrogen) atoms. The Morgan fingerprint density at radius 2 is 2.08 bits per heavy atom. The number of carbonyl (C=O) groups excluding carboxylic acids is 1. The molecule has 0 spiro atoms. The van der Waals surface area contributed by atoms with Crippen LogP contribution in [0.3, 0.4) is 0 Å². The molecular weight excluding hydrogens is 398 g/mol. The summed E-state index contributed by atoms with van der Waals surface area (Å²) in [5.41, 5.74) is 6.13. The van der Waals surface area contributed by atoms with E-state index in [1.165, 1.54) is 12.8 Å². The second kappa shape index (κ2) is 8.61. The van der Waals surface area contributed by atoms with Crippen molar-refractivity contribution in [2.24, 2.45) is 5.73 Å². The minimum Gasteiger partial charge on any atom is -0.372 e. The highest BCUT2D eigenvalue weighted by molar-refractivity contribution is 9.10. The Kier molecular flexibility index (Phi) is 6.00. The van der Waals surface area contributed by atoms with Gasteiger partial charge in [-0.1, -0.05) is 6.07 Å². The molecule has 4 rings (SSSR count). The average Bonchev–Trinajstić information content (AvgIpc) is 3.32. The van der Waals surface area contributed by atoms with Gasteiger partial charge in [-0.25, -0.2) is 4.98 Å². The van der Waals surface area contributed by atoms with Gasteiger partial charge < -0.3 is 16.0 Å². The number of primary amides is 1. The summed E-state index contributed by atoms with van der Waals surface area (Å²) in [5.74, 6) is 1.94. The first-order chi connectivity index (χ1) is 12.7. The van der Waals surface area contributed by atoms with Crippen LogP contribution in [0.15, 0.2) is 41.3 Å². The van der Waals surface area contributed by atoms with Crippen molar-refractivity contribution in [3.63, 3.8) is 0 Å². The summed E-state index contributed by atoms with van der Waals surface area (Å²) >= 11 is 3.54. The highest BCUT2D eigenvalue weighted by Gasteiger charge is 2.17. The summed E-state index contributed by atoms with van der Waals surface area (Å²) in [6.45, 7) is 2.83. The summed E-state index contributed by atoms with van der Waals surface area (Å²) in [4.78, 5) is 19.8. The number of aromatic nitrogens is 4. The van der Waals surface area contributed by atoms with Crippen LogP contribution in [-0.4, -0.2) is 39.1 Å². The lowest BCUT2D eigenvalue weighted by Crippen LogP contribution is -2.20. The zero-order valence-electron chi connectivity index (χ0n) is 14.2. The predicted molar refractivity (Wildman–Crippen MR) is 104 cm³/mol. The van der Waals surface area contributed by atoms with Crippen LogP contribution < -0.4 is 16.0 Å². The Morgan fingerprint density at radius 3 is 2.77 bits per heavy atom. The van der Waals surface area contributed by atoms with E-state index in [1.807, 2.05) is 16.8 Å². The van der Waals surface area contributed by atoms with E-state index in [1.54, 1.807) is 12.4 Å². The van der Waals surface area contributed by atoms with Gasteiger partial charge in [-0.2, -0.15) is 9.61 Å². The normalized spacial score (nSPS) is 13.3. The van der Waals surface area contributed by atoms with Crippen LogP contribution >= 0.6 is 15.9 Å². The maximum Gasteiger partial charge on any atom is 0.204 e. The van der Waals surface area contributed by atoms with E-state index in [2.05, 4.69) is 54.1 Å². The summed E-state index contributed by atoms with van der Waals surface area (Å²) < 4.78 is 2.74. The van der Waals surface area contributed by atoms with Gasteiger partial charge in [0.15, 0.2) is 5.65 Å². The summed E-state index contributed by atoms with van der Waals surface area (Å²) in [5, 5.41) is 7.86. The second-order valence-electron chi connectivity index (χ2n) is 5.77. The van der Waals surface area contributed by atoms with Gasteiger partial charge in [-0.05, 0) is 40.4 Å². The lowest BCUT2D eigenvalue weighted by molar-refractivity contribution is -0.106. The van der Waals surface area contributed by atoms with Crippen molar-refractivity contribution in [1.82, 2.24) is 19.6 Å². The fourth-order valence-electron chi connectivity index (χ4n) is 2.85. The standard InChI is InChI=1S/C16H17BrN6.CH3NO/c17-13-11-20-23-14(19-10-12-4-3-5-18-9-12)8-15(21-16(13)23)22-6-1-2-7-22;2-1-3/h3-5,8-9,11,19H,1-2,6-7,10H2;1H,(H2,2,3). The molecule has 0 aliphatic carbocycles. The van der Waals surface area contributed by atoms with Crippen molar-refractivity contribution < 1.29 is 4.79 Å². The molecule has 0 atom stereocenters. The van der Waals surface area contributed by atoms with E-state index < -0.39 is 0 Å². The van der Waals surface area contributed by atoms with E-state index in [0.717, 1.165) is 40.4 Å². The molecular formula is C17H20BrN7O. The molecule has 3 aromatic rings. The SMILES string of the molecule is Brc1cnn2c(NCc3cccnc3)cc(N3CCCC3)nc12.NC=O. The molecule has 1 aliphatic heterocycles. The maximum atomic E-state index is 8.58. The van der Waals surface area contributed by atoms with Crippen LogP contribution in [0.1, 0.15) is 18.4 Å². The number of pyridine rings is 1. The quantitative estimate of drug-likeness (QED) is 0.630. The van der Waals surface area contributed by atoms with Crippen molar-refractivity contribution in [3.05, 3.63) is 46.8 Å². The fraction of sp³-hybridized carbons (Fsp3) is 0.294. The van der Waals surface area contributed by atoms with Gasteiger partial charge in [0.2, 0.25) is 6.41 Å². The topological polar surface area (TPSA) is 101 Å². The monoisotopic (exact) mass is 417 g/mol. The van der Waals surface area contributed by atoms with Gasteiger partial charge in [0.05, 0.1) is 10.7 Å². The van der Waals surface area contributed by atoms with E-state index in [4.69, 9.17) is 9.78 Å². The van der Waals surface area contributed by atoms with Crippen LogP contribution in [0.25, 0.3) is 5.65 Å². The maximum absolute atomic E-state index is 8.58.